The first-order valence-electron chi connectivity index (χ1n) is 7.35. The highest BCUT2D eigenvalue weighted by molar-refractivity contribution is 5.48. The lowest BCUT2D eigenvalue weighted by Crippen LogP contribution is -2.44. The molecule has 4 aliphatic rings. The van der Waals surface area contributed by atoms with E-state index in [1.54, 1.807) is 0 Å². The lowest BCUT2D eigenvalue weighted by Gasteiger charge is -2.35. The number of fused-ring (bicyclic) bond motifs is 8. The van der Waals surface area contributed by atoms with Gasteiger partial charge in [-0.15, -0.1) is 0 Å². The van der Waals surface area contributed by atoms with Gasteiger partial charge in [-0.05, 0) is 48.6 Å². The van der Waals surface area contributed by atoms with Gasteiger partial charge in [-0.3, -0.25) is 0 Å². The predicted octanol–water partition coefficient (Wildman–Crippen LogP) is 3.45. The molecular weight excluding hydrogens is 234 g/mol. The van der Waals surface area contributed by atoms with E-state index >= 15 is 0 Å². The summed E-state index contributed by atoms with van der Waals surface area (Å²) in [6.45, 7) is 0. The molecule has 0 aromatic heterocycles. The van der Waals surface area contributed by atoms with Crippen molar-refractivity contribution in [1.29, 1.82) is 0 Å². The molecule has 2 saturated carbocycles. The van der Waals surface area contributed by atoms with E-state index in [0.717, 1.165) is 23.7 Å². The van der Waals surface area contributed by atoms with E-state index in [1.165, 1.54) is 18.5 Å². The van der Waals surface area contributed by atoms with Crippen molar-refractivity contribution in [2.24, 2.45) is 34.0 Å². The summed E-state index contributed by atoms with van der Waals surface area (Å²) in [5.41, 5.74) is 1.20. The van der Waals surface area contributed by atoms with Crippen LogP contribution in [0.1, 0.15) is 12.8 Å². The maximum absolute atomic E-state index is 4.62. The molecule has 0 N–H and O–H groups in total. The minimum atomic E-state index is 0.439. The van der Waals surface area contributed by atoms with E-state index in [-0.39, 0.29) is 0 Å². The van der Waals surface area contributed by atoms with Gasteiger partial charge in [-0.1, -0.05) is 35.6 Å². The number of hydrogen-bond donors (Lipinski definition) is 0. The van der Waals surface area contributed by atoms with Crippen LogP contribution in [-0.4, -0.2) is 12.1 Å². The number of hydrogen-bond acceptors (Lipinski definition) is 3. The zero-order chi connectivity index (χ0) is 12.4. The molecule has 19 heavy (non-hydrogen) atoms. The summed E-state index contributed by atoms with van der Waals surface area (Å²) < 4.78 is 0. The molecule has 3 heteroatoms. The third-order valence-electron chi connectivity index (χ3n) is 5.66. The Balaban J connectivity index is 1.53. The van der Waals surface area contributed by atoms with Crippen LogP contribution in [0.3, 0.4) is 0 Å². The van der Waals surface area contributed by atoms with Crippen molar-refractivity contribution >= 4 is 5.69 Å². The molecule has 6 atom stereocenters. The predicted molar refractivity (Wildman–Crippen MR) is 73.7 cm³/mol. The molecular formula is C16H17N3. The lowest BCUT2D eigenvalue weighted by atomic mass is 9.76. The van der Waals surface area contributed by atoms with E-state index in [4.69, 9.17) is 0 Å². The average molecular weight is 251 g/mol. The standard InChI is InChI=1S/C16H17N3/c1-2-5-10(6-3-1)19-16-14-9-13(15(16)17-18-19)11-7-4-8-12(11)14/h1-7,11-16H,8-9H2. The van der Waals surface area contributed by atoms with Crippen LogP contribution in [0.4, 0.5) is 5.69 Å². The summed E-state index contributed by atoms with van der Waals surface area (Å²) in [5, 5.41) is 11.3. The summed E-state index contributed by atoms with van der Waals surface area (Å²) in [6, 6.07) is 11.5. The molecule has 1 heterocycles. The van der Waals surface area contributed by atoms with E-state index in [2.05, 4.69) is 57.8 Å². The molecule has 5 rings (SSSR count). The van der Waals surface area contributed by atoms with Gasteiger partial charge in [0.25, 0.3) is 0 Å². The quantitative estimate of drug-likeness (QED) is 0.702. The Labute approximate surface area is 113 Å². The van der Waals surface area contributed by atoms with Crippen molar-refractivity contribution in [3.05, 3.63) is 42.5 Å². The van der Waals surface area contributed by atoms with Gasteiger partial charge < -0.3 is 0 Å². The van der Waals surface area contributed by atoms with Gasteiger partial charge in [0.1, 0.15) is 0 Å². The number of rotatable bonds is 1. The maximum atomic E-state index is 4.62. The zero-order valence-corrected chi connectivity index (χ0v) is 10.8. The number of benzene rings is 1. The molecule has 0 saturated heterocycles. The first kappa shape index (κ1) is 10.2. The Morgan fingerprint density at radius 1 is 1.05 bits per heavy atom. The smallest absolute Gasteiger partial charge is 0.0990 e. The Morgan fingerprint density at radius 2 is 1.95 bits per heavy atom. The van der Waals surface area contributed by atoms with Gasteiger partial charge in [0, 0.05) is 0 Å². The molecule has 0 radical (unpaired) electrons. The van der Waals surface area contributed by atoms with Crippen molar-refractivity contribution in [2.45, 2.75) is 24.9 Å². The van der Waals surface area contributed by atoms with Crippen molar-refractivity contribution in [3.8, 4) is 0 Å². The molecule has 0 amide bonds. The SMILES string of the molecule is C1=CC2C(C1)C1CC2C2N=NN(c3ccccc3)C12. The molecule has 3 aliphatic carbocycles. The van der Waals surface area contributed by atoms with E-state index in [0.29, 0.717) is 12.1 Å². The van der Waals surface area contributed by atoms with Gasteiger partial charge >= 0.3 is 0 Å². The number of nitrogens with zero attached hydrogens (tertiary/aromatic N) is 3. The lowest BCUT2D eigenvalue weighted by molar-refractivity contribution is 0.238. The Hall–Kier alpha value is -1.64. The molecule has 2 fully saturated rings. The van der Waals surface area contributed by atoms with Crippen LogP contribution in [-0.2, 0) is 0 Å². The van der Waals surface area contributed by atoms with Gasteiger partial charge in [0.2, 0.25) is 0 Å². The Morgan fingerprint density at radius 3 is 2.84 bits per heavy atom. The van der Waals surface area contributed by atoms with Gasteiger partial charge in [-0.2, -0.15) is 5.11 Å². The van der Waals surface area contributed by atoms with Crippen LogP contribution < -0.4 is 5.01 Å². The molecule has 2 bridgehead atoms. The van der Waals surface area contributed by atoms with Crippen LogP contribution in [0.5, 0.6) is 0 Å². The fourth-order valence-electron chi connectivity index (χ4n) is 4.99. The monoisotopic (exact) mass is 251 g/mol. The van der Waals surface area contributed by atoms with Crippen LogP contribution in [0, 0.1) is 23.7 Å². The second-order valence-electron chi connectivity index (χ2n) is 6.33. The summed E-state index contributed by atoms with van der Waals surface area (Å²) in [5.74, 6) is 3.18. The number of allylic oxidation sites excluding steroid dienone is 2. The van der Waals surface area contributed by atoms with E-state index in [1.807, 2.05) is 0 Å². The Bertz CT molecular complexity index is 565. The summed E-state index contributed by atoms with van der Waals surface area (Å²) in [4.78, 5) is 0. The molecule has 1 aromatic rings. The first-order chi connectivity index (χ1) is 9.43. The van der Waals surface area contributed by atoms with Crippen molar-refractivity contribution in [2.75, 3.05) is 5.01 Å². The van der Waals surface area contributed by atoms with Gasteiger partial charge in [-0.25, -0.2) is 5.01 Å². The first-order valence-corrected chi connectivity index (χ1v) is 7.35. The summed E-state index contributed by atoms with van der Waals surface area (Å²) >= 11 is 0. The second-order valence-corrected chi connectivity index (χ2v) is 6.33. The largest absolute Gasteiger partial charge is 0.242 e. The minimum Gasteiger partial charge on any atom is -0.242 e. The third kappa shape index (κ3) is 1.18. The average Bonchev–Trinajstić information content (AvgIpc) is 3.17. The topological polar surface area (TPSA) is 28.0 Å². The number of para-hydroxylation sites is 1. The summed E-state index contributed by atoms with van der Waals surface area (Å²) in [7, 11) is 0. The normalized spacial score (nSPS) is 44.9. The van der Waals surface area contributed by atoms with Crippen molar-refractivity contribution in [3.63, 3.8) is 0 Å². The maximum Gasteiger partial charge on any atom is 0.0990 e. The molecule has 0 spiro atoms. The third-order valence-corrected chi connectivity index (χ3v) is 5.66. The highest BCUT2D eigenvalue weighted by Crippen LogP contribution is 2.60. The molecule has 96 valence electrons. The zero-order valence-electron chi connectivity index (χ0n) is 10.8. The van der Waals surface area contributed by atoms with E-state index < -0.39 is 0 Å². The summed E-state index contributed by atoms with van der Waals surface area (Å²) in [6.07, 6.45) is 7.47. The fourth-order valence-corrected chi connectivity index (χ4v) is 4.99. The molecule has 1 aromatic carbocycles. The molecule has 1 aliphatic heterocycles. The minimum absolute atomic E-state index is 0.439. The van der Waals surface area contributed by atoms with Crippen molar-refractivity contribution in [1.82, 2.24) is 0 Å². The van der Waals surface area contributed by atoms with Gasteiger partial charge in [0.05, 0.1) is 17.8 Å². The fraction of sp³-hybridized carbons (Fsp3) is 0.500. The molecule has 6 unspecified atom stereocenters. The van der Waals surface area contributed by atoms with Crippen LogP contribution in [0.2, 0.25) is 0 Å². The highest BCUT2D eigenvalue weighted by atomic mass is 15.6. The Kier molecular flexibility index (Phi) is 1.86. The molecule has 3 nitrogen and oxygen atoms in total. The van der Waals surface area contributed by atoms with Crippen LogP contribution in [0.25, 0.3) is 0 Å². The number of anilines is 1. The van der Waals surface area contributed by atoms with Crippen LogP contribution >= 0.6 is 0 Å². The second kappa shape index (κ2) is 3.47. The highest BCUT2D eigenvalue weighted by Gasteiger charge is 2.61. The van der Waals surface area contributed by atoms with Gasteiger partial charge in [0.15, 0.2) is 0 Å². The van der Waals surface area contributed by atoms with Crippen molar-refractivity contribution < 1.29 is 0 Å². The van der Waals surface area contributed by atoms with Crippen LogP contribution in [0.15, 0.2) is 52.8 Å². The van der Waals surface area contributed by atoms with E-state index in [9.17, 15) is 0 Å².